The topological polar surface area (TPSA) is 48.3 Å². The van der Waals surface area contributed by atoms with Crippen LogP contribution in [0.4, 0.5) is 5.95 Å². The van der Waals surface area contributed by atoms with Gasteiger partial charge in [0.25, 0.3) is 0 Å². The van der Waals surface area contributed by atoms with Gasteiger partial charge in [0.05, 0.1) is 26.0 Å². The fourth-order valence-corrected chi connectivity index (χ4v) is 2.75. The van der Waals surface area contributed by atoms with Gasteiger partial charge in [-0.1, -0.05) is 0 Å². The molecule has 1 aliphatic rings. The van der Waals surface area contributed by atoms with Gasteiger partial charge in [0.15, 0.2) is 0 Å². The molecule has 0 fully saturated rings. The Labute approximate surface area is 118 Å². The second-order valence-corrected chi connectivity index (χ2v) is 4.95. The summed E-state index contributed by atoms with van der Waals surface area (Å²) >= 11 is 0. The normalized spacial score (nSPS) is 17.2. The number of benzene rings is 1. The van der Waals surface area contributed by atoms with Crippen LogP contribution in [0.3, 0.4) is 0 Å². The largest absolute Gasteiger partial charge is 0.497 e. The molecule has 1 atom stereocenters. The molecule has 20 heavy (non-hydrogen) atoms. The Morgan fingerprint density at radius 1 is 1.30 bits per heavy atom. The lowest BCUT2D eigenvalue weighted by Crippen LogP contribution is -2.23. The number of imidazole rings is 1. The zero-order chi connectivity index (χ0) is 14.1. The van der Waals surface area contributed by atoms with E-state index in [4.69, 9.17) is 9.47 Å². The monoisotopic (exact) mass is 273 g/mol. The third kappa shape index (κ3) is 2.09. The molecule has 0 aliphatic carbocycles. The van der Waals surface area contributed by atoms with E-state index in [1.807, 2.05) is 25.1 Å². The van der Waals surface area contributed by atoms with Crippen molar-refractivity contribution in [2.75, 3.05) is 26.1 Å². The standard InChI is InChI=1S/C15H19N3O2/c1-10-9-18-13(6-7-16-15(18)17-10)12-8-11(19-2)4-5-14(12)20-3/h4-5,8-9,13H,6-7H2,1-3H3,(H,16,17). The first kappa shape index (κ1) is 12.8. The van der Waals surface area contributed by atoms with Gasteiger partial charge in [-0.3, -0.25) is 0 Å². The van der Waals surface area contributed by atoms with E-state index in [0.717, 1.165) is 41.7 Å². The molecular formula is C15H19N3O2. The molecule has 106 valence electrons. The molecule has 0 saturated carbocycles. The van der Waals surface area contributed by atoms with Crippen LogP contribution in [0.1, 0.15) is 23.7 Å². The third-order valence-electron chi connectivity index (χ3n) is 3.69. The van der Waals surface area contributed by atoms with Crippen molar-refractivity contribution in [1.29, 1.82) is 0 Å². The average molecular weight is 273 g/mol. The second-order valence-electron chi connectivity index (χ2n) is 4.95. The van der Waals surface area contributed by atoms with E-state index in [0.29, 0.717) is 0 Å². The minimum Gasteiger partial charge on any atom is -0.497 e. The molecule has 0 amide bonds. The maximum Gasteiger partial charge on any atom is 0.203 e. The highest BCUT2D eigenvalue weighted by atomic mass is 16.5. The van der Waals surface area contributed by atoms with Crippen LogP contribution in [0.5, 0.6) is 11.5 Å². The smallest absolute Gasteiger partial charge is 0.203 e. The summed E-state index contributed by atoms with van der Waals surface area (Å²) in [5.74, 6) is 2.65. The van der Waals surface area contributed by atoms with Crippen LogP contribution in [0.2, 0.25) is 0 Å². The maximum atomic E-state index is 5.51. The predicted molar refractivity (Wildman–Crippen MR) is 77.8 cm³/mol. The van der Waals surface area contributed by atoms with Gasteiger partial charge in [-0.2, -0.15) is 0 Å². The van der Waals surface area contributed by atoms with Crippen molar-refractivity contribution < 1.29 is 9.47 Å². The Morgan fingerprint density at radius 2 is 2.15 bits per heavy atom. The number of fused-ring (bicyclic) bond motifs is 1. The zero-order valence-electron chi connectivity index (χ0n) is 12.0. The van der Waals surface area contributed by atoms with Crippen LogP contribution in [0, 0.1) is 6.92 Å². The van der Waals surface area contributed by atoms with Gasteiger partial charge in [-0.25, -0.2) is 4.98 Å². The molecule has 5 nitrogen and oxygen atoms in total. The molecule has 3 rings (SSSR count). The van der Waals surface area contributed by atoms with Crippen molar-refractivity contribution in [2.24, 2.45) is 0 Å². The molecule has 2 heterocycles. The summed E-state index contributed by atoms with van der Waals surface area (Å²) in [4.78, 5) is 4.50. The Kier molecular flexibility index (Phi) is 3.26. The number of hydrogen-bond donors (Lipinski definition) is 1. The molecule has 0 spiro atoms. The van der Waals surface area contributed by atoms with E-state index >= 15 is 0 Å². The van der Waals surface area contributed by atoms with Gasteiger partial charge in [0.2, 0.25) is 5.95 Å². The van der Waals surface area contributed by atoms with Gasteiger partial charge in [-0.05, 0) is 31.5 Å². The molecule has 2 aromatic rings. The number of anilines is 1. The van der Waals surface area contributed by atoms with E-state index in [9.17, 15) is 0 Å². The lowest BCUT2D eigenvalue weighted by atomic mass is 10.0. The van der Waals surface area contributed by atoms with Crippen LogP contribution in [0.25, 0.3) is 0 Å². The van der Waals surface area contributed by atoms with Crippen LogP contribution in [-0.4, -0.2) is 30.3 Å². The fraction of sp³-hybridized carbons (Fsp3) is 0.400. The summed E-state index contributed by atoms with van der Waals surface area (Å²) < 4.78 is 13.0. The number of aromatic nitrogens is 2. The third-order valence-corrected chi connectivity index (χ3v) is 3.69. The van der Waals surface area contributed by atoms with Crippen LogP contribution in [0.15, 0.2) is 24.4 Å². The summed E-state index contributed by atoms with van der Waals surface area (Å²) in [6.45, 7) is 2.91. The van der Waals surface area contributed by atoms with Gasteiger partial charge in [0, 0.05) is 18.3 Å². The van der Waals surface area contributed by atoms with Crippen molar-refractivity contribution in [3.63, 3.8) is 0 Å². The summed E-state index contributed by atoms with van der Waals surface area (Å²) in [7, 11) is 3.38. The first-order valence-corrected chi connectivity index (χ1v) is 6.74. The summed E-state index contributed by atoms with van der Waals surface area (Å²) in [5.41, 5.74) is 2.15. The van der Waals surface area contributed by atoms with Crippen molar-refractivity contribution in [3.05, 3.63) is 35.7 Å². The SMILES string of the molecule is COc1ccc(OC)c(C2CCNc3nc(C)cn32)c1. The molecule has 0 radical (unpaired) electrons. The molecular weight excluding hydrogens is 254 g/mol. The van der Waals surface area contributed by atoms with Crippen molar-refractivity contribution in [1.82, 2.24) is 9.55 Å². The number of hydrogen-bond acceptors (Lipinski definition) is 4. The van der Waals surface area contributed by atoms with Crippen molar-refractivity contribution >= 4 is 5.95 Å². The van der Waals surface area contributed by atoms with Gasteiger partial charge in [-0.15, -0.1) is 0 Å². The number of aryl methyl sites for hydroxylation is 1. The van der Waals surface area contributed by atoms with Gasteiger partial charge >= 0.3 is 0 Å². The van der Waals surface area contributed by atoms with Crippen molar-refractivity contribution in [2.45, 2.75) is 19.4 Å². The summed E-state index contributed by atoms with van der Waals surface area (Å²) in [6.07, 6.45) is 3.07. The number of nitrogens with one attached hydrogen (secondary N) is 1. The van der Waals surface area contributed by atoms with E-state index in [-0.39, 0.29) is 6.04 Å². The number of ether oxygens (including phenoxy) is 2. The maximum absolute atomic E-state index is 5.51. The highest BCUT2D eigenvalue weighted by Crippen LogP contribution is 2.36. The first-order chi connectivity index (χ1) is 9.72. The molecule has 1 N–H and O–H groups in total. The average Bonchev–Trinajstić information content (AvgIpc) is 2.86. The fourth-order valence-electron chi connectivity index (χ4n) is 2.75. The summed E-state index contributed by atoms with van der Waals surface area (Å²) in [6, 6.07) is 6.15. The van der Waals surface area contributed by atoms with E-state index < -0.39 is 0 Å². The lowest BCUT2D eigenvalue weighted by molar-refractivity contribution is 0.388. The zero-order valence-corrected chi connectivity index (χ0v) is 12.0. The van der Waals surface area contributed by atoms with Gasteiger partial charge in [0.1, 0.15) is 11.5 Å². The van der Waals surface area contributed by atoms with Crippen LogP contribution in [-0.2, 0) is 0 Å². The highest BCUT2D eigenvalue weighted by molar-refractivity contribution is 5.45. The highest BCUT2D eigenvalue weighted by Gasteiger charge is 2.25. The minimum absolute atomic E-state index is 0.220. The van der Waals surface area contributed by atoms with Crippen LogP contribution < -0.4 is 14.8 Å². The lowest BCUT2D eigenvalue weighted by Gasteiger charge is -2.27. The molecule has 5 heteroatoms. The Morgan fingerprint density at radius 3 is 2.90 bits per heavy atom. The van der Waals surface area contributed by atoms with E-state index in [2.05, 4.69) is 21.1 Å². The van der Waals surface area contributed by atoms with Gasteiger partial charge < -0.3 is 19.4 Å². The number of nitrogens with zero attached hydrogens (tertiary/aromatic N) is 2. The molecule has 1 unspecified atom stereocenters. The summed E-state index contributed by atoms with van der Waals surface area (Å²) in [5, 5.41) is 3.33. The predicted octanol–water partition coefficient (Wildman–Crippen LogP) is 2.61. The van der Waals surface area contributed by atoms with E-state index in [1.54, 1.807) is 14.2 Å². The molecule has 1 aliphatic heterocycles. The van der Waals surface area contributed by atoms with Crippen molar-refractivity contribution in [3.8, 4) is 11.5 Å². The number of rotatable bonds is 3. The molecule has 0 bridgehead atoms. The number of methoxy groups -OCH3 is 2. The first-order valence-electron chi connectivity index (χ1n) is 6.74. The minimum atomic E-state index is 0.220. The Bertz CT molecular complexity index is 622. The Hall–Kier alpha value is -2.17. The molecule has 1 aromatic carbocycles. The Balaban J connectivity index is 2.09. The molecule has 1 aromatic heterocycles. The van der Waals surface area contributed by atoms with Crippen LogP contribution >= 0.6 is 0 Å². The van der Waals surface area contributed by atoms with E-state index in [1.165, 1.54) is 0 Å². The second kappa shape index (κ2) is 5.07. The quantitative estimate of drug-likeness (QED) is 0.934. The molecule has 0 saturated heterocycles.